The van der Waals surface area contributed by atoms with E-state index >= 15 is 0 Å². The second-order valence-corrected chi connectivity index (χ2v) is 4.62. The highest BCUT2D eigenvalue weighted by molar-refractivity contribution is 5.89. The molecule has 1 fully saturated rings. The van der Waals surface area contributed by atoms with Crippen molar-refractivity contribution in [2.24, 2.45) is 5.73 Å². The molecular weight excluding hydrogens is 249 g/mol. The van der Waals surface area contributed by atoms with E-state index in [1.54, 1.807) is 17.0 Å². The van der Waals surface area contributed by atoms with Gasteiger partial charge in [-0.25, -0.2) is 9.18 Å². The zero-order valence-corrected chi connectivity index (χ0v) is 10.8. The highest BCUT2D eigenvalue weighted by Crippen LogP contribution is 2.15. The van der Waals surface area contributed by atoms with Crippen LogP contribution in [0.3, 0.4) is 0 Å². The number of anilines is 1. The van der Waals surface area contributed by atoms with Gasteiger partial charge in [0.15, 0.2) is 0 Å². The van der Waals surface area contributed by atoms with Gasteiger partial charge in [0, 0.05) is 19.6 Å². The lowest BCUT2D eigenvalue weighted by molar-refractivity contribution is -0.0573. The van der Waals surface area contributed by atoms with Gasteiger partial charge in [0.1, 0.15) is 5.82 Å². The summed E-state index contributed by atoms with van der Waals surface area (Å²) in [5, 5.41) is 2.56. The number of nitrogens with zero attached hydrogens (tertiary/aromatic N) is 1. The second kappa shape index (κ2) is 5.99. The molecule has 2 unspecified atom stereocenters. The number of hydrogen-bond acceptors (Lipinski definition) is 3. The van der Waals surface area contributed by atoms with Crippen molar-refractivity contribution in [1.29, 1.82) is 0 Å². The van der Waals surface area contributed by atoms with E-state index in [4.69, 9.17) is 10.5 Å². The van der Waals surface area contributed by atoms with Crippen molar-refractivity contribution >= 4 is 11.7 Å². The van der Waals surface area contributed by atoms with Crippen molar-refractivity contribution in [1.82, 2.24) is 4.90 Å². The minimum atomic E-state index is -0.451. The molecule has 2 atom stereocenters. The summed E-state index contributed by atoms with van der Waals surface area (Å²) in [6, 6.07) is 5.74. The molecule has 1 aromatic rings. The molecule has 2 amide bonds. The number of carbonyl (C=O) groups is 1. The number of urea groups is 1. The molecule has 3 N–H and O–H groups in total. The molecule has 1 saturated heterocycles. The molecule has 1 aromatic carbocycles. The Bertz CT molecular complexity index is 455. The fourth-order valence-corrected chi connectivity index (χ4v) is 2.10. The van der Waals surface area contributed by atoms with Crippen LogP contribution in [0.25, 0.3) is 0 Å². The number of carbonyl (C=O) groups excluding carboxylic acids is 1. The van der Waals surface area contributed by atoms with E-state index in [1.165, 1.54) is 12.1 Å². The number of nitrogens with two attached hydrogens (primary N) is 1. The molecule has 0 bridgehead atoms. The fraction of sp³-hybridized carbons (Fsp3) is 0.462. The largest absolute Gasteiger partial charge is 0.370 e. The van der Waals surface area contributed by atoms with E-state index < -0.39 is 5.82 Å². The molecule has 19 heavy (non-hydrogen) atoms. The summed E-state index contributed by atoms with van der Waals surface area (Å²) in [5.74, 6) is -0.451. The quantitative estimate of drug-likeness (QED) is 0.851. The van der Waals surface area contributed by atoms with E-state index in [-0.39, 0.29) is 23.9 Å². The van der Waals surface area contributed by atoms with Crippen LogP contribution in [0.5, 0.6) is 0 Å². The molecule has 6 heteroatoms. The van der Waals surface area contributed by atoms with Crippen molar-refractivity contribution in [2.75, 3.05) is 25.0 Å². The molecule has 0 saturated carbocycles. The Hall–Kier alpha value is -1.66. The molecule has 0 aliphatic carbocycles. The average Bonchev–Trinajstić information content (AvgIpc) is 2.40. The maximum atomic E-state index is 13.5. The predicted molar refractivity (Wildman–Crippen MR) is 70.4 cm³/mol. The number of halogens is 1. The van der Waals surface area contributed by atoms with Crippen LogP contribution >= 0.6 is 0 Å². The van der Waals surface area contributed by atoms with Crippen LogP contribution in [0.4, 0.5) is 14.9 Å². The SMILES string of the molecule is CC1CN(C(=O)Nc2ccccc2F)CC(CN)O1. The Morgan fingerprint density at radius 1 is 1.53 bits per heavy atom. The normalized spacial score (nSPS) is 23.2. The maximum absolute atomic E-state index is 13.5. The topological polar surface area (TPSA) is 67.6 Å². The standard InChI is InChI=1S/C13H18FN3O2/c1-9-7-17(8-10(6-15)19-9)13(18)16-12-5-3-2-4-11(12)14/h2-5,9-10H,6-8,15H2,1H3,(H,16,18). The van der Waals surface area contributed by atoms with Crippen LogP contribution < -0.4 is 11.1 Å². The van der Waals surface area contributed by atoms with E-state index in [9.17, 15) is 9.18 Å². The Balaban J connectivity index is 2.01. The molecule has 0 aromatic heterocycles. The van der Waals surface area contributed by atoms with E-state index in [2.05, 4.69) is 5.32 Å². The predicted octanol–water partition coefficient (Wildman–Crippen LogP) is 1.41. The zero-order chi connectivity index (χ0) is 13.8. The highest BCUT2D eigenvalue weighted by atomic mass is 19.1. The molecule has 1 heterocycles. The summed E-state index contributed by atoms with van der Waals surface area (Å²) < 4.78 is 19.0. The third-order valence-corrected chi connectivity index (χ3v) is 2.99. The molecule has 1 aliphatic heterocycles. The first kappa shape index (κ1) is 13.8. The summed E-state index contributed by atoms with van der Waals surface area (Å²) in [5.41, 5.74) is 5.74. The summed E-state index contributed by atoms with van der Waals surface area (Å²) in [6.45, 7) is 3.12. The van der Waals surface area contributed by atoms with Crippen molar-refractivity contribution in [2.45, 2.75) is 19.1 Å². The summed E-state index contributed by atoms with van der Waals surface area (Å²) in [6.07, 6.45) is -0.246. The highest BCUT2D eigenvalue weighted by Gasteiger charge is 2.27. The molecule has 1 aliphatic rings. The Kier molecular flexibility index (Phi) is 4.34. The van der Waals surface area contributed by atoms with Gasteiger partial charge in [0.2, 0.25) is 0 Å². The van der Waals surface area contributed by atoms with Crippen LogP contribution in [-0.2, 0) is 4.74 Å². The molecule has 5 nitrogen and oxygen atoms in total. The van der Waals surface area contributed by atoms with Crippen molar-refractivity contribution in [3.8, 4) is 0 Å². The number of ether oxygens (including phenoxy) is 1. The molecular formula is C13H18FN3O2. The van der Waals surface area contributed by atoms with Gasteiger partial charge in [-0.3, -0.25) is 0 Å². The number of amides is 2. The van der Waals surface area contributed by atoms with Crippen LogP contribution in [0.1, 0.15) is 6.92 Å². The molecule has 0 spiro atoms. The molecule has 104 valence electrons. The molecule has 0 radical (unpaired) electrons. The van der Waals surface area contributed by atoms with Gasteiger partial charge >= 0.3 is 6.03 Å². The zero-order valence-electron chi connectivity index (χ0n) is 10.8. The van der Waals surface area contributed by atoms with Gasteiger partial charge in [-0.05, 0) is 19.1 Å². The Labute approximate surface area is 111 Å². The minimum absolute atomic E-state index is 0.0753. The number of morpholine rings is 1. The lowest BCUT2D eigenvalue weighted by Gasteiger charge is -2.36. The summed E-state index contributed by atoms with van der Waals surface area (Å²) in [7, 11) is 0. The second-order valence-electron chi connectivity index (χ2n) is 4.62. The number of para-hydroxylation sites is 1. The summed E-state index contributed by atoms with van der Waals surface area (Å²) in [4.78, 5) is 13.7. The number of rotatable bonds is 2. The van der Waals surface area contributed by atoms with Crippen LogP contribution in [0.15, 0.2) is 24.3 Å². The van der Waals surface area contributed by atoms with E-state index in [0.717, 1.165) is 0 Å². The van der Waals surface area contributed by atoms with Crippen molar-refractivity contribution < 1.29 is 13.9 Å². The smallest absolute Gasteiger partial charge is 0.322 e. The summed E-state index contributed by atoms with van der Waals surface area (Å²) >= 11 is 0. The third-order valence-electron chi connectivity index (χ3n) is 2.99. The van der Waals surface area contributed by atoms with E-state index in [1.807, 2.05) is 6.92 Å². The monoisotopic (exact) mass is 267 g/mol. The third kappa shape index (κ3) is 3.42. The number of nitrogens with one attached hydrogen (secondary N) is 1. The van der Waals surface area contributed by atoms with Crippen LogP contribution in [0, 0.1) is 5.82 Å². The first-order valence-corrected chi connectivity index (χ1v) is 6.26. The lowest BCUT2D eigenvalue weighted by Crippen LogP contribution is -2.52. The lowest BCUT2D eigenvalue weighted by atomic mass is 10.2. The van der Waals surface area contributed by atoms with Crippen molar-refractivity contribution in [3.05, 3.63) is 30.1 Å². The van der Waals surface area contributed by atoms with Gasteiger partial charge in [-0.1, -0.05) is 12.1 Å². The molecule has 2 rings (SSSR count). The maximum Gasteiger partial charge on any atom is 0.322 e. The van der Waals surface area contributed by atoms with E-state index in [0.29, 0.717) is 19.6 Å². The van der Waals surface area contributed by atoms with Gasteiger partial charge < -0.3 is 20.7 Å². The Morgan fingerprint density at radius 2 is 2.26 bits per heavy atom. The van der Waals surface area contributed by atoms with Crippen LogP contribution in [-0.4, -0.2) is 42.8 Å². The first-order valence-electron chi connectivity index (χ1n) is 6.26. The van der Waals surface area contributed by atoms with Gasteiger partial charge in [0.05, 0.1) is 17.9 Å². The van der Waals surface area contributed by atoms with Gasteiger partial charge in [-0.15, -0.1) is 0 Å². The first-order chi connectivity index (χ1) is 9.10. The number of hydrogen-bond donors (Lipinski definition) is 2. The Morgan fingerprint density at radius 3 is 2.95 bits per heavy atom. The fourth-order valence-electron chi connectivity index (χ4n) is 2.10. The average molecular weight is 267 g/mol. The minimum Gasteiger partial charge on any atom is -0.370 e. The van der Waals surface area contributed by atoms with Gasteiger partial charge in [-0.2, -0.15) is 0 Å². The van der Waals surface area contributed by atoms with Gasteiger partial charge in [0.25, 0.3) is 0 Å². The number of benzene rings is 1. The van der Waals surface area contributed by atoms with Crippen LogP contribution in [0.2, 0.25) is 0 Å². The van der Waals surface area contributed by atoms with Crippen molar-refractivity contribution in [3.63, 3.8) is 0 Å².